The van der Waals surface area contributed by atoms with E-state index < -0.39 is 6.03 Å². The predicted octanol–water partition coefficient (Wildman–Crippen LogP) is 0.191. The molecule has 14 heavy (non-hydrogen) atoms. The standard InChI is InChI=1S/C8H8N3O2S/c9-8(13)11-5-2-1-3-10-7(5)14-6(11)4-12/h2-3,6,12H,4H2,(H2,9,13). The van der Waals surface area contributed by atoms with Crippen LogP contribution in [0.2, 0.25) is 0 Å². The van der Waals surface area contributed by atoms with E-state index in [1.807, 2.05) is 0 Å². The van der Waals surface area contributed by atoms with Gasteiger partial charge in [-0.2, -0.15) is 0 Å². The number of carbonyl (C=O) groups excluding carboxylic acids is 1. The van der Waals surface area contributed by atoms with Crippen LogP contribution in [0, 0.1) is 6.07 Å². The first-order chi connectivity index (χ1) is 6.74. The van der Waals surface area contributed by atoms with Crippen molar-refractivity contribution in [1.29, 1.82) is 0 Å². The number of rotatable bonds is 1. The maximum atomic E-state index is 11.1. The van der Waals surface area contributed by atoms with E-state index in [0.717, 1.165) is 0 Å². The minimum atomic E-state index is -0.586. The Balaban J connectivity index is 2.42. The van der Waals surface area contributed by atoms with Gasteiger partial charge in [0.1, 0.15) is 10.4 Å². The molecule has 0 spiro atoms. The molecule has 6 heteroatoms. The molecule has 0 fully saturated rings. The third kappa shape index (κ3) is 1.32. The minimum absolute atomic E-state index is 0.149. The van der Waals surface area contributed by atoms with E-state index >= 15 is 0 Å². The van der Waals surface area contributed by atoms with Crippen LogP contribution in [-0.4, -0.2) is 28.1 Å². The van der Waals surface area contributed by atoms with E-state index in [1.54, 1.807) is 6.07 Å². The second-order valence-corrected chi connectivity index (χ2v) is 3.89. The topological polar surface area (TPSA) is 79.5 Å². The van der Waals surface area contributed by atoms with Gasteiger partial charge in [0.05, 0.1) is 12.3 Å². The van der Waals surface area contributed by atoms with Gasteiger partial charge in [-0.25, -0.2) is 9.78 Å². The molecule has 3 N–H and O–H groups in total. The van der Waals surface area contributed by atoms with Crippen LogP contribution in [0.3, 0.4) is 0 Å². The zero-order valence-corrected chi connectivity index (χ0v) is 7.99. The van der Waals surface area contributed by atoms with Gasteiger partial charge < -0.3 is 10.8 Å². The van der Waals surface area contributed by atoms with Crippen molar-refractivity contribution in [2.75, 3.05) is 11.5 Å². The highest BCUT2D eigenvalue weighted by Gasteiger charge is 2.33. The Morgan fingerprint density at radius 3 is 3.29 bits per heavy atom. The van der Waals surface area contributed by atoms with E-state index in [1.165, 1.54) is 22.9 Å². The van der Waals surface area contributed by atoms with Crippen molar-refractivity contribution in [3.8, 4) is 0 Å². The van der Waals surface area contributed by atoms with Crippen molar-refractivity contribution < 1.29 is 9.90 Å². The maximum Gasteiger partial charge on any atom is 0.320 e. The van der Waals surface area contributed by atoms with Crippen LogP contribution in [0.4, 0.5) is 10.5 Å². The van der Waals surface area contributed by atoms with Crippen LogP contribution < -0.4 is 10.6 Å². The van der Waals surface area contributed by atoms with Gasteiger partial charge in [0.25, 0.3) is 0 Å². The number of hydrogen-bond acceptors (Lipinski definition) is 4. The second-order valence-electron chi connectivity index (χ2n) is 2.72. The molecule has 1 aliphatic rings. The zero-order chi connectivity index (χ0) is 10.1. The molecule has 1 unspecified atom stereocenters. The highest BCUT2D eigenvalue weighted by atomic mass is 32.2. The minimum Gasteiger partial charge on any atom is -0.393 e. The monoisotopic (exact) mass is 210 g/mol. The lowest BCUT2D eigenvalue weighted by Crippen LogP contribution is -2.41. The molecule has 0 saturated carbocycles. The number of pyridine rings is 1. The number of anilines is 1. The van der Waals surface area contributed by atoms with Crippen LogP contribution in [0.15, 0.2) is 17.3 Å². The molecule has 1 radical (unpaired) electrons. The van der Waals surface area contributed by atoms with Crippen molar-refractivity contribution in [2.45, 2.75) is 10.4 Å². The Hall–Kier alpha value is -1.27. The van der Waals surface area contributed by atoms with Gasteiger partial charge in [-0.15, -0.1) is 0 Å². The zero-order valence-electron chi connectivity index (χ0n) is 7.17. The second kappa shape index (κ2) is 3.47. The van der Waals surface area contributed by atoms with Crippen molar-refractivity contribution in [3.63, 3.8) is 0 Å². The summed E-state index contributed by atoms with van der Waals surface area (Å²) < 4.78 is 0. The molecule has 1 atom stereocenters. The van der Waals surface area contributed by atoms with E-state index in [-0.39, 0.29) is 12.0 Å². The number of aromatic nitrogens is 1. The molecule has 2 amide bonds. The fraction of sp³-hybridized carbons (Fsp3) is 0.250. The molecule has 5 nitrogen and oxygen atoms in total. The largest absolute Gasteiger partial charge is 0.393 e. The van der Waals surface area contributed by atoms with Gasteiger partial charge in [-0.1, -0.05) is 11.8 Å². The molecular formula is C8H8N3O2S. The Kier molecular flexibility index (Phi) is 2.30. The van der Waals surface area contributed by atoms with Crippen LogP contribution in [-0.2, 0) is 0 Å². The molecule has 0 bridgehead atoms. The summed E-state index contributed by atoms with van der Waals surface area (Å²) in [5.74, 6) is 0. The van der Waals surface area contributed by atoms with Crippen LogP contribution >= 0.6 is 11.8 Å². The Bertz CT molecular complexity index is 371. The van der Waals surface area contributed by atoms with Gasteiger partial charge in [-0.3, -0.25) is 4.90 Å². The highest BCUT2D eigenvalue weighted by Crippen LogP contribution is 2.40. The third-order valence-electron chi connectivity index (χ3n) is 1.88. The first kappa shape index (κ1) is 9.29. The first-order valence-corrected chi connectivity index (χ1v) is 4.84. The summed E-state index contributed by atoms with van der Waals surface area (Å²) in [6.45, 7) is -0.149. The predicted molar refractivity (Wildman–Crippen MR) is 51.9 cm³/mol. The normalized spacial score (nSPS) is 19.5. The fourth-order valence-corrected chi connectivity index (χ4v) is 2.37. The number of primary amides is 1. The lowest BCUT2D eigenvalue weighted by molar-refractivity contribution is 0.247. The molecular weight excluding hydrogens is 202 g/mol. The fourth-order valence-electron chi connectivity index (χ4n) is 1.32. The SMILES string of the molecule is NC(=O)N1c2c[c]cnc2SC1CO. The molecule has 0 aliphatic carbocycles. The molecule has 2 heterocycles. The Morgan fingerprint density at radius 1 is 1.86 bits per heavy atom. The van der Waals surface area contributed by atoms with E-state index in [2.05, 4.69) is 11.1 Å². The number of nitrogens with two attached hydrogens (primary N) is 1. The van der Waals surface area contributed by atoms with Crippen molar-refractivity contribution in [1.82, 2.24) is 4.98 Å². The number of thioether (sulfide) groups is 1. The van der Waals surface area contributed by atoms with Crippen LogP contribution in [0.1, 0.15) is 0 Å². The number of fused-ring (bicyclic) bond motifs is 1. The highest BCUT2D eigenvalue weighted by molar-refractivity contribution is 8.00. The molecule has 1 aliphatic heterocycles. The number of aliphatic hydroxyl groups excluding tert-OH is 1. The Morgan fingerprint density at radius 2 is 2.64 bits per heavy atom. The van der Waals surface area contributed by atoms with E-state index in [9.17, 15) is 4.79 Å². The van der Waals surface area contributed by atoms with Crippen LogP contribution in [0.5, 0.6) is 0 Å². The van der Waals surface area contributed by atoms with Gasteiger partial charge in [-0.05, 0) is 6.07 Å². The number of hydrogen-bond donors (Lipinski definition) is 2. The van der Waals surface area contributed by atoms with Gasteiger partial charge in [0, 0.05) is 12.3 Å². The lowest BCUT2D eigenvalue weighted by atomic mass is 10.4. The molecule has 0 saturated heterocycles. The average Bonchev–Trinajstić information content (AvgIpc) is 2.55. The van der Waals surface area contributed by atoms with Gasteiger partial charge in [0.2, 0.25) is 0 Å². The summed E-state index contributed by atoms with van der Waals surface area (Å²) in [6.07, 6.45) is 1.52. The molecule has 73 valence electrons. The lowest BCUT2D eigenvalue weighted by Gasteiger charge is -2.19. The van der Waals surface area contributed by atoms with Gasteiger partial charge in [0.15, 0.2) is 0 Å². The third-order valence-corrected chi connectivity index (χ3v) is 3.05. The van der Waals surface area contributed by atoms with Crippen LogP contribution in [0.25, 0.3) is 0 Å². The summed E-state index contributed by atoms with van der Waals surface area (Å²) in [4.78, 5) is 16.5. The summed E-state index contributed by atoms with van der Waals surface area (Å²) in [5, 5.41) is 9.38. The molecule has 0 aromatic carbocycles. The van der Waals surface area contributed by atoms with Crippen molar-refractivity contribution in [3.05, 3.63) is 18.3 Å². The summed E-state index contributed by atoms with van der Waals surface area (Å²) in [7, 11) is 0. The van der Waals surface area contributed by atoms with Crippen molar-refractivity contribution in [2.24, 2.45) is 5.73 Å². The van der Waals surface area contributed by atoms with Crippen molar-refractivity contribution >= 4 is 23.5 Å². The summed E-state index contributed by atoms with van der Waals surface area (Å²) >= 11 is 1.32. The summed E-state index contributed by atoms with van der Waals surface area (Å²) in [5.41, 5.74) is 5.81. The van der Waals surface area contributed by atoms with E-state index in [4.69, 9.17) is 10.8 Å². The summed E-state index contributed by atoms with van der Waals surface area (Å²) in [6, 6.07) is 3.82. The quantitative estimate of drug-likeness (QED) is 0.693. The van der Waals surface area contributed by atoms with Gasteiger partial charge >= 0.3 is 6.03 Å². The first-order valence-electron chi connectivity index (χ1n) is 3.96. The number of aliphatic hydroxyl groups is 1. The molecule has 2 rings (SSSR count). The van der Waals surface area contributed by atoms with E-state index in [0.29, 0.717) is 10.7 Å². The number of nitrogens with zero attached hydrogens (tertiary/aromatic N) is 2. The molecule has 1 aromatic heterocycles. The Labute approximate surface area is 84.9 Å². The average molecular weight is 210 g/mol. The number of carbonyl (C=O) groups is 1. The number of amides is 2. The number of urea groups is 1. The smallest absolute Gasteiger partial charge is 0.320 e. The molecule has 1 aromatic rings. The maximum absolute atomic E-state index is 11.1.